The Hall–Kier alpha value is -4.43. The summed E-state index contributed by atoms with van der Waals surface area (Å²) in [6, 6.07) is 18.7. The average molecular weight is 513 g/mol. The largest absolute Gasteiger partial charge is 0.507 e. The summed E-state index contributed by atoms with van der Waals surface area (Å²) in [5, 5.41) is 11.7. The van der Waals surface area contributed by atoms with E-state index in [1.54, 1.807) is 54.6 Å². The van der Waals surface area contributed by atoms with E-state index in [1.807, 2.05) is 25.1 Å². The molecule has 0 bridgehead atoms. The molecule has 1 amide bonds. The van der Waals surface area contributed by atoms with E-state index in [9.17, 15) is 14.7 Å². The van der Waals surface area contributed by atoms with Crippen LogP contribution in [0.4, 0.5) is 5.13 Å². The van der Waals surface area contributed by atoms with Crippen LogP contribution in [0, 0.1) is 6.92 Å². The number of nitrogens with zero attached hydrogens (tertiary/aromatic N) is 2. The zero-order valence-corrected chi connectivity index (χ0v) is 21.1. The molecule has 1 aliphatic heterocycles. The fourth-order valence-electron chi connectivity index (χ4n) is 4.30. The van der Waals surface area contributed by atoms with Gasteiger partial charge in [-0.25, -0.2) is 4.98 Å². The van der Waals surface area contributed by atoms with Crippen LogP contribution in [-0.2, 0) is 9.59 Å². The second-order valence-corrected chi connectivity index (χ2v) is 9.55. The lowest BCUT2D eigenvalue weighted by molar-refractivity contribution is -0.132. The SMILES string of the molecule is C=CCOc1ccc(C2/C(=C(\O)c3cccc(OC)c3)C(=O)C(=O)N2c2nc3ccc(C)cc3s2)cc1. The minimum Gasteiger partial charge on any atom is -0.507 e. The number of amides is 1. The molecule has 0 spiro atoms. The molecule has 0 saturated carbocycles. The van der Waals surface area contributed by atoms with Crippen LogP contribution in [0.15, 0.2) is 85.0 Å². The van der Waals surface area contributed by atoms with Crippen molar-refractivity contribution in [2.45, 2.75) is 13.0 Å². The van der Waals surface area contributed by atoms with Gasteiger partial charge in [0, 0.05) is 5.56 Å². The third kappa shape index (κ3) is 4.47. The number of thiazole rings is 1. The van der Waals surface area contributed by atoms with Crippen molar-refractivity contribution in [2.75, 3.05) is 18.6 Å². The normalized spacial score (nSPS) is 16.8. The summed E-state index contributed by atoms with van der Waals surface area (Å²) in [6.45, 7) is 5.98. The molecule has 5 rings (SSSR count). The molecule has 1 saturated heterocycles. The van der Waals surface area contributed by atoms with Gasteiger partial charge in [0.05, 0.1) is 28.9 Å². The van der Waals surface area contributed by atoms with E-state index < -0.39 is 17.7 Å². The Kier molecular flexibility index (Phi) is 6.50. The molecule has 0 radical (unpaired) electrons. The fraction of sp³-hybridized carbons (Fsp3) is 0.138. The summed E-state index contributed by atoms with van der Waals surface area (Å²) in [5.74, 6) is -0.692. The van der Waals surface area contributed by atoms with Gasteiger partial charge in [0.2, 0.25) is 0 Å². The van der Waals surface area contributed by atoms with Crippen LogP contribution in [0.25, 0.3) is 16.0 Å². The van der Waals surface area contributed by atoms with E-state index >= 15 is 0 Å². The molecule has 37 heavy (non-hydrogen) atoms. The Labute approximate surface area is 217 Å². The van der Waals surface area contributed by atoms with Gasteiger partial charge in [-0.1, -0.05) is 54.3 Å². The molecule has 1 atom stereocenters. The van der Waals surface area contributed by atoms with Gasteiger partial charge in [-0.15, -0.1) is 0 Å². The van der Waals surface area contributed by atoms with Crippen molar-refractivity contribution in [1.82, 2.24) is 4.98 Å². The molecule has 186 valence electrons. The number of ether oxygens (including phenoxy) is 2. The van der Waals surface area contributed by atoms with Crippen molar-refractivity contribution >= 4 is 44.1 Å². The van der Waals surface area contributed by atoms with Gasteiger partial charge in [-0.3, -0.25) is 14.5 Å². The molecule has 1 unspecified atom stereocenters. The monoisotopic (exact) mass is 512 g/mol. The summed E-state index contributed by atoms with van der Waals surface area (Å²) in [4.78, 5) is 32.9. The lowest BCUT2D eigenvalue weighted by Gasteiger charge is -2.23. The highest BCUT2D eigenvalue weighted by Crippen LogP contribution is 2.44. The van der Waals surface area contributed by atoms with Crippen molar-refractivity contribution in [3.8, 4) is 11.5 Å². The summed E-state index contributed by atoms with van der Waals surface area (Å²) in [7, 11) is 1.52. The van der Waals surface area contributed by atoms with Crippen molar-refractivity contribution in [3.05, 3.63) is 102 Å². The second-order valence-electron chi connectivity index (χ2n) is 8.54. The minimum absolute atomic E-state index is 0.0200. The number of hydrogen-bond acceptors (Lipinski definition) is 7. The molecule has 8 heteroatoms. The molecule has 3 aromatic carbocycles. The van der Waals surface area contributed by atoms with Crippen molar-refractivity contribution in [3.63, 3.8) is 0 Å². The predicted molar refractivity (Wildman–Crippen MR) is 144 cm³/mol. The van der Waals surface area contributed by atoms with Gasteiger partial charge < -0.3 is 14.6 Å². The number of hydrogen-bond donors (Lipinski definition) is 1. The predicted octanol–water partition coefficient (Wildman–Crippen LogP) is 5.80. The Morgan fingerprint density at radius 3 is 2.62 bits per heavy atom. The molecule has 1 aliphatic rings. The number of aryl methyl sites for hydroxylation is 1. The first kappa shape index (κ1) is 24.3. The van der Waals surface area contributed by atoms with Gasteiger partial charge in [-0.05, 0) is 54.4 Å². The number of fused-ring (bicyclic) bond motifs is 1. The highest BCUT2D eigenvalue weighted by Gasteiger charge is 2.48. The van der Waals surface area contributed by atoms with Gasteiger partial charge in [0.1, 0.15) is 23.9 Å². The zero-order valence-electron chi connectivity index (χ0n) is 20.3. The van der Waals surface area contributed by atoms with Gasteiger partial charge in [0.15, 0.2) is 5.13 Å². The number of aromatic nitrogens is 1. The van der Waals surface area contributed by atoms with E-state index in [-0.39, 0.29) is 11.3 Å². The molecule has 1 aromatic heterocycles. The molecule has 2 heterocycles. The van der Waals surface area contributed by atoms with Crippen LogP contribution in [0.5, 0.6) is 11.5 Å². The van der Waals surface area contributed by atoms with Crippen LogP contribution in [0.3, 0.4) is 0 Å². The van der Waals surface area contributed by atoms with E-state index in [4.69, 9.17) is 9.47 Å². The summed E-state index contributed by atoms with van der Waals surface area (Å²) in [6.07, 6.45) is 1.64. The molecule has 1 fully saturated rings. The molecule has 1 N–H and O–H groups in total. The highest BCUT2D eigenvalue weighted by molar-refractivity contribution is 7.22. The molecular weight excluding hydrogens is 488 g/mol. The summed E-state index contributed by atoms with van der Waals surface area (Å²) < 4.78 is 11.8. The standard InChI is InChI=1S/C29H24N2O5S/c1-4-14-36-20-11-9-18(10-12-20)25-24(26(32)19-6-5-7-21(16-19)35-3)27(33)28(34)31(25)29-30-22-13-8-17(2)15-23(22)37-29/h4-13,15-16,25,32H,1,14H2,2-3H3/b26-24+. The van der Waals surface area contributed by atoms with Crippen LogP contribution in [-0.4, -0.2) is 35.5 Å². The van der Waals surface area contributed by atoms with Gasteiger partial charge in [-0.2, -0.15) is 0 Å². The maximum absolute atomic E-state index is 13.4. The number of ketones is 1. The maximum atomic E-state index is 13.4. The lowest BCUT2D eigenvalue weighted by atomic mass is 9.95. The van der Waals surface area contributed by atoms with Crippen LogP contribution in [0.2, 0.25) is 0 Å². The zero-order chi connectivity index (χ0) is 26.1. The van der Waals surface area contributed by atoms with E-state index in [2.05, 4.69) is 11.6 Å². The maximum Gasteiger partial charge on any atom is 0.301 e. The Morgan fingerprint density at radius 2 is 1.89 bits per heavy atom. The number of methoxy groups -OCH3 is 1. The minimum atomic E-state index is -0.888. The number of rotatable bonds is 7. The fourth-order valence-corrected chi connectivity index (χ4v) is 5.39. The first-order chi connectivity index (χ1) is 17.9. The van der Waals surface area contributed by atoms with Crippen molar-refractivity contribution in [1.29, 1.82) is 0 Å². The van der Waals surface area contributed by atoms with Crippen LogP contribution in [0.1, 0.15) is 22.7 Å². The molecular formula is C29H24N2O5S. The van der Waals surface area contributed by atoms with E-state index in [0.717, 1.165) is 15.8 Å². The van der Waals surface area contributed by atoms with Gasteiger partial charge in [0.25, 0.3) is 5.78 Å². The summed E-state index contributed by atoms with van der Waals surface area (Å²) >= 11 is 1.32. The van der Waals surface area contributed by atoms with Crippen molar-refractivity contribution < 1.29 is 24.2 Å². The number of carbonyl (C=O) groups is 2. The number of aliphatic hydroxyl groups excluding tert-OH is 1. The Balaban J connectivity index is 1.68. The van der Waals surface area contributed by atoms with Crippen molar-refractivity contribution in [2.24, 2.45) is 0 Å². The highest BCUT2D eigenvalue weighted by atomic mass is 32.1. The van der Waals surface area contributed by atoms with Crippen LogP contribution < -0.4 is 14.4 Å². The smallest absolute Gasteiger partial charge is 0.301 e. The third-order valence-corrected chi connectivity index (χ3v) is 7.11. The number of carbonyl (C=O) groups excluding carboxylic acids is 2. The first-order valence-electron chi connectivity index (χ1n) is 11.6. The molecule has 4 aromatic rings. The Bertz CT molecular complexity index is 1550. The lowest BCUT2D eigenvalue weighted by Crippen LogP contribution is -2.29. The van der Waals surface area contributed by atoms with E-state index in [1.165, 1.54) is 23.3 Å². The van der Waals surface area contributed by atoms with Crippen LogP contribution >= 0.6 is 11.3 Å². The van der Waals surface area contributed by atoms with E-state index in [0.29, 0.717) is 34.4 Å². The molecule has 7 nitrogen and oxygen atoms in total. The topological polar surface area (TPSA) is 89.0 Å². The average Bonchev–Trinajstić information content (AvgIpc) is 3.44. The Morgan fingerprint density at radius 1 is 1.11 bits per heavy atom. The first-order valence-corrected chi connectivity index (χ1v) is 12.4. The summed E-state index contributed by atoms with van der Waals surface area (Å²) in [5.41, 5.74) is 2.77. The number of Topliss-reactive ketones (excluding diaryl/α,β-unsaturated/α-hetero) is 1. The second kappa shape index (κ2) is 9.91. The van der Waals surface area contributed by atoms with Gasteiger partial charge >= 0.3 is 5.91 Å². The third-order valence-electron chi connectivity index (χ3n) is 6.09. The molecule has 0 aliphatic carbocycles. The number of benzene rings is 3. The quantitative estimate of drug-likeness (QED) is 0.146. The number of aliphatic hydroxyl groups is 1. The number of anilines is 1.